The summed E-state index contributed by atoms with van der Waals surface area (Å²) in [6.45, 7) is 5.85. The third kappa shape index (κ3) is 6.23. The Morgan fingerprint density at radius 3 is 2.57 bits per heavy atom. The number of hydrogen-bond donors (Lipinski definition) is 2. The van der Waals surface area contributed by atoms with Crippen LogP contribution < -0.4 is 5.32 Å². The average Bonchev–Trinajstić information content (AvgIpc) is 3.31. The zero-order chi connectivity index (χ0) is 25.8. The molecule has 2 N–H and O–H groups in total. The van der Waals surface area contributed by atoms with E-state index in [1.54, 1.807) is 19.1 Å². The minimum atomic E-state index is -3.43. The van der Waals surface area contributed by atoms with E-state index in [-0.39, 0.29) is 39.3 Å². The molecule has 0 aliphatic rings. The van der Waals surface area contributed by atoms with E-state index in [4.69, 9.17) is 14.7 Å². The van der Waals surface area contributed by atoms with E-state index < -0.39 is 21.5 Å². The van der Waals surface area contributed by atoms with Crippen molar-refractivity contribution in [1.29, 1.82) is 5.41 Å². The zero-order valence-corrected chi connectivity index (χ0v) is 22.0. The molecule has 0 saturated heterocycles. The monoisotopic (exact) mass is 560 g/mol. The van der Waals surface area contributed by atoms with Crippen LogP contribution in [0, 0.1) is 5.41 Å². The third-order valence-corrected chi connectivity index (χ3v) is 6.82. The highest BCUT2D eigenvalue weighted by Gasteiger charge is 2.24. The van der Waals surface area contributed by atoms with Crippen molar-refractivity contribution in [3.05, 3.63) is 64.4 Å². The number of halogens is 1. The van der Waals surface area contributed by atoms with Crippen LogP contribution in [0.3, 0.4) is 0 Å². The lowest BCUT2D eigenvalue weighted by atomic mass is 10.0. The van der Waals surface area contributed by atoms with Gasteiger partial charge in [0.15, 0.2) is 15.5 Å². The number of sulfone groups is 1. The second-order valence-corrected chi connectivity index (χ2v) is 10.7. The molecule has 0 saturated carbocycles. The molecule has 3 aromatic rings. The number of ether oxygens (including phenoxy) is 1. The smallest absolute Gasteiger partial charge is 0.357 e. The molecule has 0 bridgehead atoms. The van der Waals surface area contributed by atoms with E-state index in [1.807, 2.05) is 38.1 Å². The summed E-state index contributed by atoms with van der Waals surface area (Å²) in [5, 5.41) is 15.5. The fraction of sp³-hybridized carbons (Fsp3) is 0.250. The number of rotatable bonds is 9. The topological polar surface area (TPSA) is 135 Å². The number of carbonyl (C=O) groups excluding carboxylic acids is 1. The molecule has 35 heavy (non-hydrogen) atoms. The molecule has 0 radical (unpaired) electrons. The molecular weight excluding hydrogens is 536 g/mol. The lowest BCUT2D eigenvalue weighted by Crippen LogP contribution is -2.19. The van der Waals surface area contributed by atoms with Gasteiger partial charge in [0.1, 0.15) is 5.70 Å². The van der Waals surface area contributed by atoms with Crippen LogP contribution in [0.5, 0.6) is 0 Å². The van der Waals surface area contributed by atoms with Gasteiger partial charge in [-0.2, -0.15) is 4.98 Å². The maximum atomic E-state index is 12.2. The van der Waals surface area contributed by atoms with Crippen LogP contribution in [-0.2, 0) is 19.4 Å². The van der Waals surface area contributed by atoms with Crippen molar-refractivity contribution in [2.45, 2.75) is 31.6 Å². The van der Waals surface area contributed by atoms with Gasteiger partial charge >= 0.3 is 5.97 Å². The van der Waals surface area contributed by atoms with Crippen molar-refractivity contribution in [3.8, 4) is 11.5 Å². The van der Waals surface area contributed by atoms with Gasteiger partial charge in [0, 0.05) is 17.5 Å². The van der Waals surface area contributed by atoms with E-state index in [2.05, 4.69) is 31.4 Å². The van der Waals surface area contributed by atoms with Crippen LogP contribution in [0.2, 0.25) is 0 Å². The fourth-order valence-electron chi connectivity index (χ4n) is 3.18. The minimum absolute atomic E-state index is 0.0595. The summed E-state index contributed by atoms with van der Waals surface area (Å²) in [5.74, 6) is -0.502. The second kappa shape index (κ2) is 11.0. The summed E-state index contributed by atoms with van der Waals surface area (Å²) in [6.07, 6.45) is 1.11. The first-order valence-corrected chi connectivity index (χ1v) is 13.4. The first kappa shape index (κ1) is 26.3. The van der Waals surface area contributed by atoms with Crippen molar-refractivity contribution in [2.24, 2.45) is 0 Å². The quantitative estimate of drug-likeness (QED) is 0.275. The standard InChI is InChI=1S/C24H25BrN4O5S/c1-5-33-24(30)20(26)19(25)21(27-18-12-7-6-11-17(18)14(2)3)22-28-23(34-29-22)15-9-8-10-16(13-15)35(4,31)32/h6-14,26-27H,5H2,1-4H3/b21-19+,26-20?. The predicted molar refractivity (Wildman–Crippen MR) is 137 cm³/mol. The average molecular weight is 561 g/mol. The van der Waals surface area contributed by atoms with E-state index >= 15 is 0 Å². The summed E-state index contributed by atoms with van der Waals surface area (Å²) in [5.41, 5.74) is 1.92. The molecule has 9 nitrogen and oxygen atoms in total. The molecule has 0 unspecified atom stereocenters. The summed E-state index contributed by atoms with van der Waals surface area (Å²) >= 11 is 3.33. The number of para-hydroxylation sites is 1. The minimum Gasteiger partial charge on any atom is -0.461 e. The number of anilines is 1. The molecule has 0 atom stereocenters. The molecule has 0 fully saturated rings. The highest BCUT2D eigenvalue weighted by atomic mass is 79.9. The lowest BCUT2D eigenvalue weighted by Gasteiger charge is -2.16. The van der Waals surface area contributed by atoms with E-state index in [0.29, 0.717) is 5.56 Å². The number of nitrogens with one attached hydrogen (secondary N) is 2. The number of benzene rings is 2. The Morgan fingerprint density at radius 1 is 1.20 bits per heavy atom. The Kier molecular flexibility index (Phi) is 8.23. The van der Waals surface area contributed by atoms with E-state index in [9.17, 15) is 13.2 Å². The highest BCUT2D eigenvalue weighted by molar-refractivity contribution is 9.12. The predicted octanol–water partition coefficient (Wildman–Crippen LogP) is 5.02. The number of hydrogen-bond acceptors (Lipinski definition) is 9. The maximum absolute atomic E-state index is 12.2. The Balaban J connectivity index is 2.11. The molecular formula is C24H25BrN4O5S. The van der Waals surface area contributed by atoms with Crippen LogP contribution >= 0.6 is 15.9 Å². The molecule has 0 spiro atoms. The molecule has 11 heteroatoms. The van der Waals surface area contributed by atoms with Crippen molar-refractivity contribution >= 4 is 48.8 Å². The Labute approximate surface area is 212 Å². The summed E-state index contributed by atoms with van der Waals surface area (Å²) < 4.78 is 34.3. The van der Waals surface area contributed by atoms with Gasteiger partial charge in [-0.05, 0) is 58.6 Å². The molecule has 1 aromatic heterocycles. The van der Waals surface area contributed by atoms with Crippen molar-refractivity contribution < 1.29 is 22.5 Å². The first-order valence-electron chi connectivity index (χ1n) is 10.7. The van der Waals surface area contributed by atoms with Crippen LogP contribution in [0.25, 0.3) is 17.2 Å². The molecule has 0 aliphatic heterocycles. The fourth-order valence-corrected chi connectivity index (χ4v) is 4.28. The van der Waals surface area contributed by atoms with E-state index in [1.165, 1.54) is 12.1 Å². The second-order valence-electron chi connectivity index (χ2n) is 7.87. The normalized spacial score (nSPS) is 12.3. The Hall–Kier alpha value is -3.31. The van der Waals surface area contributed by atoms with Crippen molar-refractivity contribution in [2.75, 3.05) is 18.2 Å². The molecule has 2 aromatic carbocycles. The van der Waals surface area contributed by atoms with Gasteiger partial charge in [0.25, 0.3) is 5.89 Å². The molecule has 3 rings (SSSR count). The zero-order valence-electron chi connectivity index (χ0n) is 19.6. The maximum Gasteiger partial charge on any atom is 0.357 e. The summed E-state index contributed by atoms with van der Waals surface area (Å²) in [7, 11) is -3.43. The Bertz CT molecular complexity index is 1400. The SMILES string of the molecule is CCOC(=O)C(=N)/C(Br)=C(\Nc1ccccc1C(C)C)c1noc(-c2cccc(S(C)(=O)=O)c2)n1. The third-order valence-electron chi connectivity index (χ3n) is 4.92. The Morgan fingerprint density at radius 2 is 1.91 bits per heavy atom. The lowest BCUT2D eigenvalue weighted by molar-refractivity contribution is -0.135. The van der Waals surface area contributed by atoms with Gasteiger partial charge in [-0.3, -0.25) is 5.41 Å². The summed E-state index contributed by atoms with van der Waals surface area (Å²) in [4.78, 5) is 16.8. The van der Waals surface area contributed by atoms with Crippen LogP contribution in [0.15, 0.2) is 62.4 Å². The number of nitrogens with zero attached hydrogens (tertiary/aromatic N) is 2. The number of carbonyl (C=O) groups is 1. The van der Waals surface area contributed by atoms with Gasteiger partial charge < -0.3 is 14.6 Å². The van der Waals surface area contributed by atoms with Gasteiger partial charge in [0.2, 0.25) is 5.82 Å². The van der Waals surface area contributed by atoms with Crippen LogP contribution in [-0.4, -0.2) is 43.1 Å². The highest BCUT2D eigenvalue weighted by Crippen LogP contribution is 2.31. The van der Waals surface area contributed by atoms with Gasteiger partial charge in [0.05, 0.1) is 16.0 Å². The van der Waals surface area contributed by atoms with Gasteiger partial charge in [-0.15, -0.1) is 0 Å². The van der Waals surface area contributed by atoms with Crippen LogP contribution in [0.4, 0.5) is 5.69 Å². The largest absolute Gasteiger partial charge is 0.461 e. The first-order chi connectivity index (χ1) is 16.5. The van der Waals surface area contributed by atoms with Gasteiger partial charge in [-0.25, -0.2) is 13.2 Å². The van der Waals surface area contributed by atoms with Crippen molar-refractivity contribution in [1.82, 2.24) is 10.1 Å². The van der Waals surface area contributed by atoms with Gasteiger partial charge in [-0.1, -0.05) is 43.3 Å². The molecule has 0 aliphatic carbocycles. The van der Waals surface area contributed by atoms with Crippen molar-refractivity contribution in [3.63, 3.8) is 0 Å². The number of esters is 1. The molecule has 1 heterocycles. The van der Waals surface area contributed by atoms with Crippen LogP contribution in [0.1, 0.15) is 38.1 Å². The summed E-state index contributed by atoms with van der Waals surface area (Å²) in [6, 6.07) is 13.7. The molecule has 0 amide bonds. The number of aromatic nitrogens is 2. The molecule has 184 valence electrons. The van der Waals surface area contributed by atoms with E-state index in [0.717, 1.165) is 17.5 Å².